The first-order valence-electron chi connectivity index (χ1n) is 6.36. The largest absolute Gasteiger partial charge is 0.330 e. The van der Waals surface area contributed by atoms with E-state index in [1.165, 1.54) is 15.8 Å². The summed E-state index contributed by atoms with van der Waals surface area (Å²) in [6.45, 7) is 2.97. The lowest BCUT2D eigenvalue weighted by molar-refractivity contribution is 0.519. The van der Waals surface area contributed by atoms with Crippen molar-refractivity contribution in [2.45, 2.75) is 19.8 Å². The van der Waals surface area contributed by atoms with Crippen molar-refractivity contribution in [3.63, 3.8) is 0 Å². The fourth-order valence-corrected chi connectivity index (χ4v) is 3.39. The molecule has 0 bridgehead atoms. The van der Waals surface area contributed by atoms with Gasteiger partial charge in [-0.2, -0.15) is 0 Å². The van der Waals surface area contributed by atoms with E-state index < -0.39 is 0 Å². The summed E-state index contributed by atoms with van der Waals surface area (Å²) in [7, 11) is 0. The molecule has 0 saturated heterocycles. The van der Waals surface area contributed by atoms with Gasteiger partial charge in [0.2, 0.25) is 0 Å². The number of nitrogens with two attached hydrogens (primary N) is 1. The van der Waals surface area contributed by atoms with Gasteiger partial charge in [0.15, 0.2) is 4.96 Å². The topological polar surface area (TPSA) is 43.3 Å². The molecule has 1 atom stereocenters. The zero-order chi connectivity index (χ0) is 12.5. The Balaban J connectivity index is 2.00. The highest BCUT2D eigenvalue weighted by Crippen LogP contribution is 2.27. The van der Waals surface area contributed by atoms with E-state index in [0.717, 1.165) is 24.3 Å². The van der Waals surface area contributed by atoms with Crippen LogP contribution >= 0.6 is 11.3 Å². The predicted octanol–water partition coefficient (Wildman–Crippen LogP) is 3.08. The lowest BCUT2D eigenvalue weighted by Gasteiger charge is -2.11. The standard InChI is InChI=1S/C14H17N3S/c1-2-10(9-15)7-11-3-4-12-13(8-11)18-14-16-5-6-17(12)14/h3-6,8,10H,2,7,9,15H2,1H3. The summed E-state index contributed by atoms with van der Waals surface area (Å²) in [5, 5.41) is 0. The molecule has 2 N–H and O–H groups in total. The molecule has 0 fully saturated rings. The number of hydrogen-bond acceptors (Lipinski definition) is 3. The van der Waals surface area contributed by atoms with Crippen molar-refractivity contribution in [1.29, 1.82) is 0 Å². The van der Waals surface area contributed by atoms with Gasteiger partial charge in [0.1, 0.15) is 0 Å². The molecule has 2 heterocycles. The number of rotatable bonds is 4. The zero-order valence-corrected chi connectivity index (χ0v) is 11.3. The maximum Gasteiger partial charge on any atom is 0.194 e. The third-order valence-corrected chi connectivity index (χ3v) is 4.56. The minimum atomic E-state index is 0.589. The maximum atomic E-state index is 5.78. The molecule has 0 radical (unpaired) electrons. The number of nitrogens with zero attached hydrogens (tertiary/aromatic N) is 2. The summed E-state index contributed by atoms with van der Waals surface area (Å²) in [5.74, 6) is 0.589. The molecule has 3 rings (SSSR count). The molecule has 0 aliphatic carbocycles. The molecule has 18 heavy (non-hydrogen) atoms. The molecule has 94 valence electrons. The van der Waals surface area contributed by atoms with E-state index in [-0.39, 0.29) is 0 Å². The van der Waals surface area contributed by atoms with Gasteiger partial charge in [0.25, 0.3) is 0 Å². The summed E-state index contributed by atoms with van der Waals surface area (Å²) in [5.41, 5.74) is 8.40. The smallest absolute Gasteiger partial charge is 0.194 e. The SMILES string of the molecule is CCC(CN)Cc1ccc2c(c1)sc1nccn12. The van der Waals surface area contributed by atoms with Crippen molar-refractivity contribution in [3.05, 3.63) is 36.2 Å². The first-order chi connectivity index (χ1) is 8.81. The van der Waals surface area contributed by atoms with Crippen molar-refractivity contribution in [2.24, 2.45) is 11.7 Å². The fraction of sp³-hybridized carbons (Fsp3) is 0.357. The molecule has 0 amide bonds. The van der Waals surface area contributed by atoms with Crippen LogP contribution in [0.4, 0.5) is 0 Å². The molecule has 3 nitrogen and oxygen atoms in total. The summed E-state index contributed by atoms with van der Waals surface area (Å²) in [4.78, 5) is 5.40. The van der Waals surface area contributed by atoms with Gasteiger partial charge in [-0.25, -0.2) is 4.98 Å². The lowest BCUT2D eigenvalue weighted by atomic mass is 9.97. The summed E-state index contributed by atoms with van der Waals surface area (Å²) in [6.07, 6.45) is 6.08. The number of benzene rings is 1. The van der Waals surface area contributed by atoms with Crippen molar-refractivity contribution in [2.75, 3.05) is 6.54 Å². The number of hydrogen-bond donors (Lipinski definition) is 1. The Bertz CT molecular complexity index is 664. The van der Waals surface area contributed by atoms with Crippen LogP contribution < -0.4 is 5.73 Å². The van der Waals surface area contributed by atoms with E-state index in [1.807, 2.05) is 12.4 Å². The third-order valence-electron chi connectivity index (χ3n) is 3.53. The molecule has 1 unspecified atom stereocenters. The number of thiazole rings is 1. The van der Waals surface area contributed by atoms with E-state index in [4.69, 9.17) is 5.73 Å². The van der Waals surface area contributed by atoms with Gasteiger partial charge in [0, 0.05) is 12.4 Å². The van der Waals surface area contributed by atoms with Crippen molar-refractivity contribution in [3.8, 4) is 0 Å². The quantitative estimate of drug-likeness (QED) is 0.782. The highest BCUT2D eigenvalue weighted by molar-refractivity contribution is 7.23. The first-order valence-corrected chi connectivity index (χ1v) is 7.18. The highest BCUT2D eigenvalue weighted by Gasteiger charge is 2.09. The Morgan fingerprint density at radius 3 is 3.11 bits per heavy atom. The summed E-state index contributed by atoms with van der Waals surface area (Å²) < 4.78 is 3.45. The molecule has 2 aromatic heterocycles. The van der Waals surface area contributed by atoms with Crippen LogP contribution in [0.15, 0.2) is 30.6 Å². The van der Waals surface area contributed by atoms with Crippen LogP contribution in [0.25, 0.3) is 15.2 Å². The lowest BCUT2D eigenvalue weighted by Crippen LogP contribution is -2.15. The second-order valence-corrected chi connectivity index (χ2v) is 5.71. The Labute approximate surface area is 110 Å². The zero-order valence-electron chi connectivity index (χ0n) is 10.5. The number of aromatic nitrogens is 2. The fourth-order valence-electron chi connectivity index (χ4n) is 2.34. The molecule has 0 aliphatic rings. The van der Waals surface area contributed by atoms with Gasteiger partial charge in [-0.3, -0.25) is 4.40 Å². The molecule has 1 aromatic carbocycles. The van der Waals surface area contributed by atoms with Crippen molar-refractivity contribution >= 4 is 26.5 Å². The van der Waals surface area contributed by atoms with E-state index >= 15 is 0 Å². The minimum Gasteiger partial charge on any atom is -0.330 e. The van der Waals surface area contributed by atoms with Crippen LogP contribution in [0, 0.1) is 5.92 Å². The van der Waals surface area contributed by atoms with Crippen molar-refractivity contribution in [1.82, 2.24) is 9.38 Å². The van der Waals surface area contributed by atoms with Gasteiger partial charge in [-0.15, -0.1) is 0 Å². The molecule has 4 heteroatoms. The van der Waals surface area contributed by atoms with Crippen LogP contribution in [0.1, 0.15) is 18.9 Å². The predicted molar refractivity (Wildman–Crippen MR) is 77.1 cm³/mol. The second kappa shape index (κ2) is 4.71. The molecule has 0 aliphatic heterocycles. The Morgan fingerprint density at radius 1 is 1.44 bits per heavy atom. The summed E-state index contributed by atoms with van der Waals surface area (Å²) >= 11 is 1.75. The van der Waals surface area contributed by atoms with Crippen LogP contribution in [0.2, 0.25) is 0 Å². The molecular weight excluding hydrogens is 242 g/mol. The Hall–Kier alpha value is -1.39. The summed E-state index contributed by atoms with van der Waals surface area (Å²) in [6, 6.07) is 6.69. The normalized spacial score (nSPS) is 13.4. The van der Waals surface area contributed by atoms with Gasteiger partial charge in [-0.1, -0.05) is 30.7 Å². The molecule has 3 aromatic rings. The van der Waals surface area contributed by atoms with E-state index in [1.54, 1.807) is 11.3 Å². The van der Waals surface area contributed by atoms with Crippen molar-refractivity contribution < 1.29 is 0 Å². The highest BCUT2D eigenvalue weighted by atomic mass is 32.1. The van der Waals surface area contributed by atoms with Crippen LogP contribution in [0.5, 0.6) is 0 Å². The van der Waals surface area contributed by atoms with Gasteiger partial charge >= 0.3 is 0 Å². The van der Waals surface area contributed by atoms with E-state index in [9.17, 15) is 0 Å². The van der Waals surface area contributed by atoms with Crippen LogP contribution in [0.3, 0.4) is 0 Å². The number of imidazole rings is 1. The molecule has 0 spiro atoms. The Morgan fingerprint density at radius 2 is 2.33 bits per heavy atom. The molecule has 0 saturated carbocycles. The van der Waals surface area contributed by atoms with E-state index in [2.05, 4.69) is 34.5 Å². The maximum absolute atomic E-state index is 5.78. The van der Waals surface area contributed by atoms with Gasteiger partial charge in [0.05, 0.1) is 10.2 Å². The van der Waals surface area contributed by atoms with Crippen LogP contribution in [-0.2, 0) is 6.42 Å². The monoisotopic (exact) mass is 259 g/mol. The average molecular weight is 259 g/mol. The van der Waals surface area contributed by atoms with Crippen LogP contribution in [-0.4, -0.2) is 15.9 Å². The average Bonchev–Trinajstić information content (AvgIpc) is 2.95. The van der Waals surface area contributed by atoms with E-state index in [0.29, 0.717) is 5.92 Å². The van der Waals surface area contributed by atoms with Gasteiger partial charge in [-0.05, 0) is 36.6 Å². The molecular formula is C14H17N3S. The second-order valence-electron chi connectivity index (χ2n) is 4.70. The first kappa shape index (κ1) is 11.7. The Kier molecular flexibility index (Phi) is 3.06. The minimum absolute atomic E-state index is 0.589. The van der Waals surface area contributed by atoms with Gasteiger partial charge < -0.3 is 5.73 Å². The number of fused-ring (bicyclic) bond motifs is 3. The third kappa shape index (κ3) is 1.91.